The van der Waals surface area contributed by atoms with E-state index in [9.17, 15) is 0 Å². The molecule has 1 unspecified atom stereocenters. The number of rotatable bonds is 3. The molecule has 2 rings (SSSR count). The summed E-state index contributed by atoms with van der Waals surface area (Å²) in [5.74, 6) is 0.922. The molecule has 0 aliphatic carbocycles. The van der Waals surface area contributed by atoms with Crippen molar-refractivity contribution in [3.05, 3.63) is 46.7 Å². The van der Waals surface area contributed by atoms with Crippen LogP contribution in [0.1, 0.15) is 18.4 Å². The lowest BCUT2D eigenvalue weighted by Gasteiger charge is -2.20. The molecule has 1 aliphatic heterocycles. The van der Waals surface area contributed by atoms with Crippen LogP contribution in [0.15, 0.2) is 36.1 Å². The van der Waals surface area contributed by atoms with Crippen LogP contribution in [0.25, 0.3) is 0 Å². The molecule has 86 valence electrons. The van der Waals surface area contributed by atoms with Gasteiger partial charge in [-0.25, -0.2) is 0 Å². The number of nitrogens with two attached hydrogens (primary N) is 1. The third kappa shape index (κ3) is 3.00. The summed E-state index contributed by atoms with van der Waals surface area (Å²) < 4.78 is 5.55. The van der Waals surface area contributed by atoms with Crippen LogP contribution in [0.2, 0.25) is 5.02 Å². The fourth-order valence-electron chi connectivity index (χ4n) is 1.85. The summed E-state index contributed by atoms with van der Waals surface area (Å²) in [5, 5.41) is 0.753. The van der Waals surface area contributed by atoms with E-state index >= 15 is 0 Å². The maximum absolute atomic E-state index is 6.09. The van der Waals surface area contributed by atoms with E-state index in [1.165, 1.54) is 0 Å². The highest BCUT2D eigenvalue weighted by Gasteiger charge is 2.14. The van der Waals surface area contributed by atoms with E-state index in [-0.39, 0.29) is 6.04 Å². The molecule has 1 aromatic rings. The van der Waals surface area contributed by atoms with Gasteiger partial charge in [-0.15, -0.1) is 0 Å². The second kappa shape index (κ2) is 5.37. The van der Waals surface area contributed by atoms with Gasteiger partial charge >= 0.3 is 0 Å². The first-order valence-electron chi connectivity index (χ1n) is 5.58. The molecule has 1 aromatic carbocycles. The SMILES string of the molecule is NC(Cc1cccc(Cl)c1)C1=CCCCO1. The van der Waals surface area contributed by atoms with Gasteiger partial charge in [0.15, 0.2) is 0 Å². The Kier molecular flexibility index (Phi) is 3.86. The van der Waals surface area contributed by atoms with E-state index in [4.69, 9.17) is 22.1 Å². The molecular formula is C13H16ClNO. The average Bonchev–Trinajstić information content (AvgIpc) is 2.30. The largest absolute Gasteiger partial charge is 0.497 e. The summed E-state index contributed by atoms with van der Waals surface area (Å²) in [5.41, 5.74) is 7.24. The van der Waals surface area contributed by atoms with Gasteiger partial charge in [0.2, 0.25) is 0 Å². The molecule has 3 heteroatoms. The third-order valence-electron chi connectivity index (χ3n) is 2.67. The van der Waals surface area contributed by atoms with E-state index in [0.29, 0.717) is 0 Å². The number of ether oxygens (including phenoxy) is 1. The zero-order valence-corrected chi connectivity index (χ0v) is 9.91. The fourth-order valence-corrected chi connectivity index (χ4v) is 2.07. The number of benzene rings is 1. The minimum atomic E-state index is -0.0567. The molecule has 1 heterocycles. The molecule has 1 atom stereocenters. The van der Waals surface area contributed by atoms with Crippen molar-refractivity contribution in [3.63, 3.8) is 0 Å². The third-order valence-corrected chi connectivity index (χ3v) is 2.91. The average molecular weight is 238 g/mol. The Balaban J connectivity index is 2.01. The topological polar surface area (TPSA) is 35.2 Å². The molecule has 0 saturated heterocycles. The van der Waals surface area contributed by atoms with Crippen LogP contribution >= 0.6 is 11.6 Å². The van der Waals surface area contributed by atoms with Crippen molar-refractivity contribution in [2.24, 2.45) is 5.73 Å². The van der Waals surface area contributed by atoms with Crippen molar-refractivity contribution in [2.45, 2.75) is 25.3 Å². The van der Waals surface area contributed by atoms with Crippen LogP contribution in [-0.2, 0) is 11.2 Å². The summed E-state index contributed by atoms with van der Waals surface area (Å²) in [6.07, 6.45) is 5.02. The number of hydrogen-bond acceptors (Lipinski definition) is 2. The lowest BCUT2D eigenvalue weighted by molar-refractivity contribution is 0.175. The van der Waals surface area contributed by atoms with E-state index < -0.39 is 0 Å². The number of halogens is 1. The van der Waals surface area contributed by atoms with Gasteiger partial charge in [-0.1, -0.05) is 23.7 Å². The number of allylic oxidation sites excluding steroid dienone is 1. The summed E-state index contributed by atoms with van der Waals surface area (Å²) in [4.78, 5) is 0. The first-order valence-corrected chi connectivity index (χ1v) is 5.96. The molecule has 0 fully saturated rings. The standard InChI is InChI=1S/C13H16ClNO/c14-11-5-3-4-10(8-11)9-12(15)13-6-1-2-7-16-13/h3-6,8,12H,1-2,7,9,15H2. The van der Waals surface area contributed by atoms with Gasteiger partial charge in [-0.05, 0) is 43.0 Å². The predicted molar refractivity (Wildman–Crippen MR) is 66.4 cm³/mol. The monoisotopic (exact) mass is 237 g/mol. The van der Waals surface area contributed by atoms with E-state index in [2.05, 4.69) is 6.08 Å². The Morgan fingerprint density at radius 2 is 2.31 bits per heavy atom. The fraction of sp³-hybridized carbons (Fsp3) is 0.385. The highest BCUT2D eigenvalue weighted by atomic mass is 35.5. The van der Waals surface area contributed by atoms with Crippen LogP contribution in [0.5, 0.6) is 0 Å². The summed E-state index contributed by atoms with van der Waals surface area (Å²) in [7, 11) is 0. The zero-order chi connectivity index (χ0) is 11.4. The van der Waals surface area contributed by atoms with Gasteiger partial charge in [0.05, 0.1) is 12.6 Å². The number of hydrogen-bond donors (Lipinski definition) is 1. The van der Waals surface area contributed by atoms with Crippen molar-refractivity contribution in [1.82, 2.24) is 0 Å². The van der Waals surface area contributed by atoms with Crippen molar-refractivity contribution in [1.29, 1.82) is 0 Å². The highest BCUT2D eigenvalue weighted by Crippen LogP contribution is 2.17. The summed E-state index contributed by atoms with van der Waals surface area (Å²) in [6, 6.07) is 7.74. The molecule has 2 nitrogen and oxygen atoms in total. The van der Waals surface area contributed by atoms with Gasteiger partial charge in [-0.3, -0.25) is 0 Å². The summed E-state index contributed by atoms with van der Waals surface area (Å²) in [6.45, 7) is 0.787. The quantitative estimate of drug-likeness (QED) is 0.878. The highest BCUT2D eigenvalue weighted by molar-refractivity contribution is 6.30. The van der Waals surface area contributed by atoms with Gasteiger partial charge in [-0.2, -0.15) is 0 Å². The van der Waals surface area contributed by atoms with Crippen LogP contribution in [0.3, 0.4) is 0 Å². The van der Waals surface area contributed by atoms with Crippen LogP contribution in [-0.4, -0.2) is 12.6 Å². The van der Waals surface area contributed by atoms with E-state index in [1.54, 1.807) is 0 Å². The Hall–Kier alpha value is -0.990. The lowest BCUT2D eigenvalue weighted by atomic mass is 10.0. The van der Waals surface area contributed by atoms with E-state index in [1.807, 2.05) is 24.3 Å². The van der Waals surface area contributed by atoms with Crippen molar-refractivity contribution < 1.29 is 4.74 Å². The minimum Gasteiger partial charge on any atom is -0.497 e. The van der Waals surface area contributed by atoms with Crippen LogP contribution in [0.4, 0.5) is 0 Å². The first-order chi connectivity index (χ1) is 7.75. The lowest BCUT2D eigenvalue weighted by Crippen LogP contribution is -2.28. The Morgan fingerprint density at radius 1 is 1.44 bits per heavy atom. The molecule has 0 bridgehead atoms. The van der Waals surface area contributed by atoms with Gasteiger partial charge < -0.3 is 10.5 Å². The van der Waals surface area contributed by atoms with Gasteiger partial charge in [0.1, 0.15) is 5.76 Å². The van der Waals surface area contributed by atoms with Crippen molar-refractivity contribution >= 4 is 11.6 Å². The molecular weight excluding hydrogens is 222 g/mol. The Bertz CT molecular complexity index is 389. The van der Waals surface area contributed by atoms with Gasteiger partial charge in [0.25, 0.3) is 0 Å². The molecule has 0 aromatic heterocycles. The first kappa shape index (κ1) is 11.5. The van der Waals surface area contributed by atoms with Crippen LogP contribution in [0, 0.1) is 0 Å². The molecule has 0 amide bonds. The van der Waals surface area contributed by atoms with E-state index in [0.717, 1.165) is 42.2 Å². The smallest absolute Gasteiger partial charge is 0.109 e. The molecule has 0 radical (unpaired) electrons. The van der Waals surface area contributed by atoms with Crippen LogP contribution < -0.4 is 5.73 Å². The second-order valence-electron chi connectivity index (χ2n) is 4.04. The maximum Gasteiger partial charge on any atom is 0.109 e. The molecule has 0 spiro atoms. The molecule has 0 saturated carbocycles. The zero-order valence-electron chi connectivity index (χ0n) is 9.16. The van der Waals surface area contributed by atoms with Crippen molar-refractivity contribution in [3.8, 4) is 0 Å². The normalized spacial score (nSPS) is 17.5. The summed E-state index contributed by atoms with van der Waals surface area (Å²) >= 11 is 5.93. The maximum atomic E-state index is 6.09. The van der Waals surface area contributed by atoms with Gasteiger partial charge in [0, 0.05) is 5.02 Å². The molecule has 16 heavy (non-hydrogen) atoms. The Morgan fingerprint density at radius 3 is 3.00 bits per heavy atom. The Labute approximate surface area is 101 Å². The minimum absolute atomic E-state index is 0.0567. The van der Waals surface area contributed by atoms with Crippen molar-refractivity contribution in [2.75, 3.05) is 6.61 Å². The molecule has 1 aliphatic rings. The second-order valence-corrected chi connectivity index (χ2v) is 4.47. The molecule has 2 N–H and O–H groups in total. The predicted octanol–water partition coefficient (Wildman–Crippen LogP) is 2.90.